The molecule has 2 aromatic rings. The second kappa shape index (κ2) is 9.62. The summed E-state index contributed by atoms with van der Waals surface area (Å²) in [7, 11) is 0. The Balaban J connectivity index is 1.83. The lowest BCUT2D eigenvalue weighted by Gasteiger charge is -2.22. The molecule has 1 aromatic carbocycles. The van der Waals surface area contributed by atoms with Crippen LogP contribution < -0.4 is 16.4 Å². The fourth-order valence-corrected chi connectivity index (χ4v) is 5.20. The summed E-state index contributed by atoms with van der Waals surface area (Å²) in [5.41, 5.74) is 7.32. The maximum Gasteiger partial charge on any atom is 0.253 e. The quantitative estimate of drug-likeness (QED) is 0.579. The molecule has 1 aliphatic carbocycles. The number of rotatable bonds is 6. The van der Waals surface area contributed by atoms with E-state index in [9.17, 15) is 14.4 Å². The van der Waals surface area contributed by atoms with Gasteiger partial charge in [0.2, 0.25) is 5.91 Å². The molecule has 1 aromatic heterocycles. The van der Waals surface area contributed by atoms with Crippen molar-refractivity contribution in [3.63, 3.8) is 0 Å². The molecule has 1 heterocycles. The van der Waals surface area contributed by atoms with E-state index < -0.39 is 17.9 Å². The number of benzene rings is 1. The van der Waals surface area contributed by atoms with Gasteiger partial charge in [-0.2, -0.15) is 0 Å². The van der Waals surface area contributed by atoms with E-state index in [1.54, 1.807) is 24.3 Å². The van der Waals surface area contributed by atoms with Crippen molar-refractivity contribution in [2.75, 3.05) is 5.32 Å². The molecule has 4 N–H and O–H groups in total. The van der Waals surface area contributed by atoms with Crippen LogP contribution in [0.15, 0.2) is 24.3 Å². The number of halogens is 1. The first-order chi connectivity index (χ1) is 14.3. The van der Waals surface area contributed by atoms with E-state index in [2.05, 4.69) is 10.6 Å². The molecule has 8 heteroatoms. The van der Waals surface area contributed by atoms with Crippen molar-refractivity contribution in [3.8, 4) is 0 Å². The summed E-state index contributed by atoms with van der Waals surface area (Å²) in [6.45, 7) is 3.69. The fraction of sp³-hybridized carbons (Fsp3) is 0.409. The van der Waals surface area contributed by atoms with Crippen molar-refractivity contribution < 1.29 is 14.4 Å². The molecule has 160 valence electrons. The summed E-state index contributed by atoms with van der Waals surface area (Å²) in [6, 6.07) is 5.88. The maximum atomic E-state index is 13.1. The van der Waals surface area contributed by atoms with E-state index in [1.807, 2.05) is 13.8 Å². The molecule has 0 aliphatic heterocycles. The van der Waals surface area contributed by atoms with Crippen LogP contribution >= 0.6 is 22.9 Å². The van der Waals surface area contributed by atoms with Crippen LogP contribution in [0.4, 0.5) is 5.00 Å². The minimum Gasteiger partial charge on any atom is -0.365 e. The fourth-order valence-electron chi connectivity index (χ4n) is 3.68. The molecule has 0 saturated carbocycles. The Hall–Kier alpha value is -2.38. The SMILES string of the molecule is CC(C)[C@H](NC(=O)c1ccccc1Cl)C(=O)Nc1sc2c(c1C(N)=O)CCCCC2. The highest BCUT2D eigenvalue weighted by Gasteiger charge is 2.29. The predicted octanol–water partition coefficient (Wildman–Crippen LogP) is 4.16. The van der Waals surface area contributed by atoms with Gasteiger partial charge >= 0.3 is 0 Å². The summed E-state index contributed by atoms with van der Waals surface area (Å²) in [5, 5.41) is 6.41. The number of nitrogens with one attached hydrogen (secondary N) is 2. The van der Waals surface area contributed by atoms with E-state index >= 15 is 0 Å². The minimum atomic E-state index is -0.795. The molecule has 30 heavy (non-hydrogen) atoms. The molecule has 0 fully saturated rings. The van der Waals surface area contributed by atoms with Gasteiger partial charge in [0, 0.05) is 4.88 Å². The van der Waals surface area contributed by atoms with Crippen LogP contribution in [-0.2, 0) is 17.6 Å². The van der Waals surface area contributed by atoms with Gasteiger partial charge in [0.1, 0.15) is 11.0 Å². The highest BCUT2D eigenvalue weighted by molar-refractivity contribution is 7.17. The van der Waals surface area contributed by atoms with Crippen molar-refractivity contribution in [2.45, 2.75) is 52.0 Å². The van der Waals surface area contributed by atoms with Gasteiger partial charge in [-0.1, -0.05) is 44.0 Å². The Morgan fingerprint density at radius 2 is 1.80 bits per heavy atom. The molecule has 1 aliphatic rings. The number of carbonyl (C=O) groups excluding carboxylic acids is 3. The van der Waals surface area contributed by atoms with E-state index in [4.69, 9.17) is 17.3 Å². The normalized spacial score (nSPS) is 14.5. The average molecular weight is 448 g/mol. The van der Waals surface area contributed by atoms with Gasteiger partial charge < -0.3 is 16.4 Å². The topological polar surface area (TPSA) is 101 Å². The molecule has 0 saturated heterocycles. The minimum absolute atomic E-state index is 0.175. The van der Waals surface area contributed by atoms with Crippen molar-refractivity contribution in [1.82, 2.24) is 5.32 Å². The molecular weight excluding hydrogens is 422 g/mol. The lowest BCUT2D eigenvalue weighted by Crippen LogP contribution is -2.47. The molecule has 3 rings (SSSR count). The number of anilines is 1. The Morgan fingerprint density at radius 1 is 1.10 bits per heavy atom. The van der Waals surface area contributed by atoms with Crippen LogP contribution in [0.25, 0.3) is 0 Å². The summed E-state index contributed by atoms with van der Waals surface area (Å²) < 4.78 is 0. The lowest BCUT2D eigenvalue weighted by atomic mass is 10.0. The Bertz CT molecular complexity index is 971. The van der Waals surface area contributed by atoms with E-state index in [-0.39, 0.29) is 11.8 Å². The van der Waals surface area contributed by atoms with Crippen LogP contribution in [0.2, 0.25) is 5.02 Å². The van der Waals surface area contributed by atoms with Crippen LogP contribution in [0.5, 0.6) is 0 Å². The van der Waals surface area contributed by atoms with Crippen LogP contribution in [0.1, 0.15) is 64.3 Å². The Morgan fingerprint density at radius 3 is 2.47 bits per heavy atom. The number of hydrogen-bond donors (Lipinski definition) is 3. The second-order valence-electron chi connectivity index (χ2n) is 7.80. The summed E-state index contributed by atoms with van der Waals surface area (Å²) in [6.07, 6.45) is 4.84. The number of thiophene rings is 1. The monoisotopic (exact) mass is 447 g/mol. The third kappa shape index (κ3) is 4.84. The van der Waals surface area contributed by atoms with Crippen molar-refractivity contribution >= 4 is 45.7 Å². The van der Waals surface area contributed by atoms with Gasteiger partial charge in [-0.3, -0.25) is 14.4 Å². The van der Waals surface area contributed by atoms with Gasteiger partial charge in [0.15, 0.2) is 0 Å². The zero-order chi connectivity index (χ0) is 21.8. The Kier molecular flexibility index (Phi) is 7.15. The number of amides is 3. The number of nitrogens with two attached hydrogens (primary N) is 1. The molecular formula is C22H26ClN3O3S. The average Bonchev–Trinajstić information content (AvgIpc) is 2.86. The number of hydrogen-bond acceptors (Lipinski definition) is 4. The maximum absolute atomic E-state index is 13.1. The van der Waals surface area contributed by atoms with Gasteiger partial charge in [0.25, 0.3) is 11.8 Å². The third-order valence-electron chi connectivity index (χ3n) is 5.26. The van der Waals surface area contributed by atoms with Crippen molar-refractivity contribution in [3.05, 3.63) is 50.9 Å². The molecule has 0 radical (unpaired) electrons. The smallest absolute Gasteiger partial charge is 0.253 e. The summed E-state index contributed by atoms with van der Waals surface area (Å²) in [4.78, 5) is 39.0. The van der Waals surface area contributed by atoms with Crippen molar-refractivity contribution in [1.29, 1.82) is 0 Å². The van der Waals surface area contributed by atoms with Gasteiger partial charge in [0.05, 0.1) is 16.1 Å². The summed E-state index contributed by atoms with van der Waals surface area (Å²) in [5.74, 6) is -1.52. The van der Waals surface area contributed by atoms with Crippen molar-refractivity contribution in [2.24, 2.45) is 11.7 Å². The van der Waals surface area contributed by atoms with E-state index in [0.29, 0.717) is 21.2 Å². The first-order valence-corrected chi connectivity index (χ1v) is 11.3. The van der Waals surface area contributed by atoms with Gasteiger partial charge in [-0.05, 0) is 49.3 Å². The number of primary amides is 1. The standard InChI is InChI=1S/C22H26ClN3O3S/c1-12(2)18(25-20(28)13-8-6-7-10-15(13)23)21(29)26-22-17(19(24)27)14-9-4-3-5-11-16(14)30-22/h6-8,10,12,18H,3-5,9,11H2,1-2H3,(H2,24,27)(H,25,28)(H,26,29)/t18-/m0/s1. The highest BCUT2D eigenvalue weighted by Crippen LogP contribution is 2.37. The zero-order valence-electron chi connectivity index (χ0n) is 17.1. The first-order valence-electron chi connectivity index (χ1n) is 10.1. The van der Waals surface area contributed by atoms with E-state index in [1.165, 1.54) is 11.3 Å². The predicted molar refractivity (Wildman–Crippen MR) is 120 cm³/mol. The van der Waals surface area contributed by atoms with Crippen LogP contribution in [-0.4, -0.2) is 23.8 Å². The third-order valence-corrected chi connectivity index (χ3v) is 6.80. The number of carbonyl (C=O) groups is 3. The number of aryl methyl sites for hydroxylation is 1. The number of fused-ring (bicyclic) bond motifs is 1. The zero-order valence-corrected chi connectivity index (χ0v) is 18.7. The first kappa shape index (κ1) is 22.3. The van der Waals surface area contributed by atoms with Crippen LogP contribution in [0.3, 0.4) is 0 Å². The van der Waals surface area contributed by atoms with Gasteiger partial charge in [-0.25, -0.2) is 0 Å². The largest absolute Gasteiger partial charge is 0.365 e. The molecule has 0 bridgehead atoms. The summed E-state index contributed by atoms with van der Waals surface area (Å²) >= 11 is 7.52. The van der Waals surface area contributed by atoms with Crippen LogP contribution in [0, 0.1) is 5.92 Å². The molecule has 0 unspecified atom stereocenters. The molecule has 6 nitrogen and oxygen atoms in total. The lowest BCUT2D eigenvalue weighted by molar-refractivity contribution is -0.118. The van der Waals surface area contributed by atoms with E-state index in [0.717, 1.165) is 42.5 Å². The highest BCUT2D eigenvalue weighted by atomic mass is 35.5. The molecule has 1 atom stereocenters. The van der Waals surface area contributed by atoms with Gasteiger partial charge in [-0.15, -0.1) is 11.3 Å². The second-order valence-corrected chi connectivity index (χ2v) is 9.31. The molecule has 0 spiro atoms. The Labute approximate surface area is 185 Å². The molecule has 3 amide bonds.